The number of aromatic nitrogens is 2. The third-order valence-electron chi connectivity index (χ3n) is 4.26. The number of nitrogens with zero attached hydrogens (tertiary/aromatic N) is 2. The fourth-order valence-corrected chi connectivity index (χ4v) is 2.98. The quantitative estimate of drug-likeness (QED) is 0.725. The van der Waals surface area contributed by atoms with Gasteiger partial charge in [0.05, 0.1) is 17.7 Å². The molecule has 0 unspecified atom stereocenters. The van der Waals surface area contributed by atoms with Crippen LogP contribution in [0.4, 0.5) is 5.69 Å². The highest BCUT2D eigenvalue weighted by Gasteiger charge is 2.38. The number of rotatable bonds is 3. The van der Waals surface area contributed by atoms with Gasteiger partial charge in [0.15, 0.2) is 0 Å². The molecule has 3 aromatic rings. The molecule has 2 heterocycles. The number of carbonyl (C=O) groups excluding carboxylic acids is 2. The Hall–Kier alpha value is -3.74. The van der Waals surface area contributed by atoms with Crippen LogP contribution in [0.1, 0.15) is 26.3 Å². The molecule has 2 aromatic carbocycles. The normalized spacial score (nSPS) is 13.2. The van der Waals surface area contributed by atoms with Gasteiger partial charge in [0.25, 0.3) is 17.4 Å². The lowest BCUT2D eigenvalue weighted by atomic mass is 10.1. The molecule has 0 saturated carbocycles. The van der Waals surface area contributed by atoms with E-state index in [2.05, 4.69) is 4.98 Å². The van der Waals surface area contributed by atoms with Crippen molar-refractivity contribution in [2.75, 3.05) is 4.90 Å². The molecule has 2 amide bonds. The van der Waals surface area contributed by atoms with Crippen molar-refractivity contribution in [2.45, 2.75) is 6.54 Å². The zero-order valence-electron chi connectivity index (χ0n) is 13.5. The van der Waals surface area contributed by atoms with Gasteiger partial charge in [0.1, 0.15) is 5.69 Å². The molecule has 1 N–H and O–H groups in total. The third kappa shape index (κ3) is 2.37. The van der Waals surface area contributed by atoms with Gasteiger partial charge in [-0.15, -0.1) is 0 Å². The van der Waals surface area contributed by atoms with Crippen LogP contribution in [-0.2, 0) is 6.54 Å². The van der Waals surface area contributed by atoms with Crippen LogP contribution in [0.5, 0.6) is 0 Å². The summed E-state index contributed by atoms with van der Waals surface area (Å²) in [7, 11) is 0. The molecule has 1 aliphatic rings. The van der Waals surface area contributed by atoms with Crippen LogP contribution in [-0.4, -0.2) is 21.4 Å². The van der Waals surface area contributed by atoms with Gasteiger partial charge >= 0.3 is 5.69 Å². The first-order valence-corrected chi connectivity index (χ1v) is 7.92. The Bertz CT molecular complexity index is 1110. The number of aromatic amines is 1. The number of imide groups is 1. The van der Waals surface area contributed by atoms with Crippen LogP contribution in [0.15, 0.2) is 70.4 Å². The Kier molecular flexibility index (Phi) is 3.62. The predicted octanol–water partition coefficient (Wildman–Crippen LogP) is 1.39. The molecule has 26 heavy (non-hydrogen) atoms. The maximum absolute atomic E-state index is 12.8. The molecule has 0 radical (unpaired) electrons. The zero-order valence-corrected chi connectivity index (χ0v) is 13.5. The first-order valence-electron chi connectivity index (χ1n) is 7.92. The van der Waals surface area contributed by atoms with E-state index in [1.54, 1.807) is 36.4 Å². The largest absolute Gasteiger partial charge is 0.328 e. The summed E-state index contributed by atoms with van der Waals surface area (Å²) in [6.45, 7) is 0.0337. The van der Waals surface area contributed by atoms with Crippen LogP contribution >= 0.6 is 0 Å². The molecular formula is C19H13N3O4. The van der Waals surface area contributed by atoms with Gasteiger partial charge in [-0.25, -0.2) is 9.69 Å². The van der Waals surface area contributed by atoms with E-state index >= 15 is 0 Å². The molecule has 1 aromatic heterocycles. The smallest absolute Gasteiger partial charge is 0.312 e. The number of carbonyl (C=O) groups is 2. The minimum absolute atomic E-state index is 0.0337. The Balaban J connectivity index is 1.81. The molecule has 0 spiro atoms. The van der Waals surface area contributed by atoms with Gasteiger partial charge in [0, 0.05) is 6.20 Å². The van der Waals surface area contributed by atoms with Crippen molar-refractivity contribution in [2.24, 2.45) is 0 Å². The molecule has 7 nitrogen and oxygen atoms in total. The number of H-pyrrole nitrogens is 1. The van der Waals surface area contributed by atoms with Gasteiger partial charge in [-0.05, 0) is 17.7 Å². The number of amides is 2. The highest BCUT2D eigenvalue weighted by Crippen LogP contribution is 2.25. The molecule has 0 bridgehead atoms. The number of hydrogen-bond acceptors (Lipinski definition) is 4. The second-order valence-corrected chi connectivity index (χ2v) is 5.85. The van der Waals surface area contributed by atoms with Crippen LogP contribution in [0.25, 0.3) is 0 Å². The average Bonchev–Trinajstić information content (AvgIpc) is 2.91. The first-order chi connectivity index (χ1) is 12.6. The minimum Gasteiger partial charge on any atom is -0.312 e. The van der Waals surface area contributed by atoms with E-state index in [0.717, 1.165) is 21.2 Å². The number of fused-ring (bicyclic) bond motifs is 1. The molecule has 4 rings (SSSR count). The van der Waals surface area contributed by atoms with E-state index in [4.69, 9.17) is 0 Å². The Morgan fingerprint density at radius 2 is 1.35 bits per heavy atom. The van der Waals surface area contributed by atoms with Crippen LogP contribution in [0.2, 0.25) is 0 Å². The van der Waals surface area contributed by atoms with Crippen molar-refractivity contribution in [1.29, 1.82) is 0 Å². The van der Waals surface area contributed by atoms with E-state index in [0.29, 0.717) is 0 Å². The molecule has 0 saturated heterocycles. The molecule has 0 fully saturated rings. The second kappa shape index (κ2) is 5.96. The summed E-state index contributed by atoms with van der Waals surface area (Å²) in [5.74, 6) is -1.16. The highest BCUT2D eigenvalue weighted by molar-refractivity contribution is 6.34. The molecule has 7 heteroatoms. The lowest BCUT2D eigenvalue weighted by molar-refractivity contribution is 0.0925. The Morgan fingerprint density at radius 3 is 1.96 bits per heavy atom. The van der Waals surface area contributed by atoms with E-state index in [1.807, 2.05) is 6.07 Å². The lowest BCUT2D eigenvalue weighted by Crippen LogP contribution is -2.41. The van der Waals surface area contributed by atoms with E-state index in [1.165, 1.54) is 12.1 Å². The van der Waals surface area contributed by atoms with Crippen LogP contribution in [0.3, 0.4) is 0 Å². The maximum atomic E-state index is 12.8. The fraction of sp³-hybridized carbons (Fsp3) is 0.0526. The number of benzene rings is 2. The van der Waals surface area contributed by atoms with E-state index in [-0.39, 0.29) is 23.4 Å². The van der Waals surface area contributed by atoms with Crippen molar-refractivity contribution >= 4 is 17.5 Å². The standard InChI is InChI=1S/C19H13N3O4/c23-16-13-8-4-5-9-14(13)17(24)22(16)15-10-20-19(26)21(18(15)25)11-12-6-2-1-3-7-12/h1-10H,11H2,(H,20,26). The molecule has 0 atom stereocenters. The number of hydrogen-bond donors (Lipinski definition) is 1. The number of anilines is 1. The third-order valence-corrected chi connectivity index (χ3v) is 4.26. The Morgan fingerprint density at radius 1 is 0.769 bits per heavy atom. The van der Waals surface area contributed by atoms with Crippen molar-refractivity contribution < 1.29 is 9.59 Å². The van der Waals surface area contributed by atoms with Crippen molar-refractivity contribution in [3.05, 3.63) is 98.3 Å². The fourth-order valence-electron chi connectivity index (χ4n) is 2.98. The van der Waals surface area contributed by atoms with Gasteiger partial charge in [0.2, 0.25) is 0 Å². The summed E-state index contributed by atoms with van der Waals surface area (Å²) in [5, 5.41) is 0. The van der Waals surface area contributed by atoms with E-state index in [9.17, 15) is 19.2 Å². The van der Waals surface area contributed by atoms with Gasteiger partial charge in [-0.2, -0.15) is 0 Å². The summed E-state index contributed by atoms with van der Waals surface area (Å²) >= 11 is 0. The van der Waals surface area contributed by atoms with Crippen LogP contribution in [0, 0.1) is 0 Å². The van der Waals surface area contributed by atoms with E-state index < -0.39 is 23.1 Å². The van der Waals surface area contributed by atoms with Gasteiger partial charge in [-0.1, -0.05) is 42.5 Å². The summed E-state index contributed by atoms with van der Waals surface area (Å²) in [6.07, 6.45) is 1.10. The lowest BCUT2D eigenvalue weighted by Gasteiger charge is -2.14. The predicted molar refractivity (Wildman–Crippen MR) is 94.4 cm³/mol. The molecule has 1 aliphatic heterocycles. The molecular weight excluding hydrogens is 334 g/mol. The number of nitrogens with one attached hydrogen (secondary N) is 1. The summed E-state index contributed by atoms with van der Waals surface area (Å²) in [6, 6.07) is 15.3. The average molecular weight is 347 g/mol. The first kappa shape index (κ1) is 15.8. The summed E-state index contributed by atoms with van der Waals surface area (Å²) in [5.41, 5.74) is -0.270. The second-order valence-electron chi connectivity index (χ2n) is 5.85. The van der Waals surface area contributed by atoms with Crippen molar-refractivity contribution in [1.82, 2.24) is 9.55 Å². The summed E-state index contributed by atoms with van der Waals surface area (Å²) in [4.78, 5) is 53.3. The van der Waals surface area contributed by atoms with Gasteiger partial charge < -0.3 is 4.98 Å². The highest BCUT2D eigenvalue weighted by atomic mass is 16.2. The Labute approximate surface area is 147 Å². The SMILES string of the molecule is O=C1c2ccccc2C(=O)N1c1c[nH]c(=O)n(Cc2ccccc2)c1=O. The van der Waals surface area contributed by atoms with Crippen molar-refractivity contribution in [3.8, 4) is 0 Å². The maximum Gasteiger partial charge on any atom is 0.328 e. The topological polar surface area (TPSA) is 92.2 Å². The summed E-state index contributed by atoms with van der Waals surface area (Å²) < 4.78 is 0.966. The van der Waals surface area contributed by atoms with Gasteiger partial charge in [-0.3, -0.25) is 19.0 Å². The minimum atomic E-state index is -0.702. The molecule has 0 aliphatic carbocycles. The zero-order chi connectivity index (χ0) is 18.3. The monoisotopic (exact) mass is 347 g/mol. The van der Waals surface area contributed by atoms with Crippen molar-refractivity contribution in [3.63, 3.8) is 0 Å². The van der Waals surface area contributed by atoms with Crippen LogP contribution < -0.4 is 16.1 Å². The molecule has 128 valence electrons.